The van der Waals surface area contributed by atoms with Crippen molar-refractivity contribution < 1.29 is 22.3 Å². The minimum atomic E-state index is -3.47. The first-order valence-electron chi connectivity index (χ1n) is 10.3. The van der Waals surface area contributed by atoms with Crippen molar-refractivity contribution >= 4 is 15.7 Å². The highest BCUT2D eigenvalue weighted by atomic mass is 32.2. The molecule has 1 aromatic heterocycles. The van der Waals surface area contributed by atoms with Crippen molar-refractivity contribution in [2.45, 2.75) is 44.9 Å². The first-order valence-corrected chi connectivity index (χ1v) is 12.0. The molecule has 0 unspecified atom stereocenters. The molecule has 168 valence electrons. The van der Waals surface area contributed by atoms with Crippen LogP contribution in [0, 0.1) is 5.82 Å². The van der Waals surface area contributed by atoms with E-state index in [1.165, 1.54) is 24.3 Å². The van der Waals surface area contributed by atoms with Crippen molar-refractivity contribution in [3.63, 3.8) is 0 Å². The molecule has 0 N–H and O–H groups in total. The standard InChI is InChI=1S/C23H24FN3O4S/c1-4-32(29,30)19-9-10-22(31-15(2)3)20(11-19)23(28)26-12-16-13-27(25-21(16)14-26)18-7-5-17(24)6-8-18/h5-11,13,15H,4,12,14H2,1-3H3. The van der Waals surface area contributed by atoms with E-state index in [-0.39, 0.29) is 40.6 Å². The van der Waals surface area contributed by atoms with E-state index in [9.17, 15) is 17.6 Å². The van der Waals surface area contributed by atoms with Gasteiger partial charge < -0.3 is 9.64 Å². The van der Waals surface area contributed by atoms with E-state index in [0.29, 0.717) is 12.3 Å². The molecule has 1 aliphatic rings. The lowest BCUT2D eigenvalue weighted by molar-refractivity contribution is 0.0742. The Morgan fingerprint density at radius 3 is 2.50 bits per heavy atom. The summed E-state index contributed by atoms with van der Waals surface area (Å²) in [5, 5.41) is 4.53. The van der Waals surface area contributed by atoms with Crippen molar-refractivity contribution in [3.8, 4) is 11.4 Å². The quantitative estimate of drug-likeness (QED) is 0.563. The van der Waals surface area contributed by atoms with E-state index < -0.39 is 9.84 Å². The molecule has 2 aromatic carbocycles. The van der Waals surface area contributed by atoms with Crippen LogP contribution in [0.2, 0.25) is 0 Å². The van der Waals surface area contributed by atoms with Gasteiger partial charge in [0.1, 0.15) is 11.6 Å². The van der Waals surface area contributed by atoms with Gasteiger partial charge >= 0.3 is 0 Å². The van der Waals surface area contributed by atoms with E-state index in [0.717, 1.165) is 16.9 Å². The van der Waals surface area contributed by atoms with Crippen LogP contribution >= 0.6 is 0 Å². The van der Waals surface area contributed by atoms with Crippen LogP contribution in [0.4, 0.5) is 4.39 Å². The Labute approximate surface area is 186 Å². The number of sulfone groups is 1. The van der Waals surface area contributed by atoms with Crippen LogP contribution in [0.25, 0.3) is 5.69 Å². The molecular formula is C23H24FN3O4S. The molecule has 7 nitrogen and oxygen atoms in total. The number of rotatable bonds is 6. The fraction of sp³-hybridized carbons (Fsp3) is 0.304. The van der Waals surface area contributed by atoms with Gasteiger partial charge in [0.15, 0.2) is 9.84 Å². The van der Waals surface area contributed by atoms with E-state index in [1.807, 2.05) is 20.0 Å². The molecule has 0 radical (unpaired) electrons. The molecule has 4 rings (SSSR count). The maximum absolute atomic E-state index is 13.4. The number of benzene rings is 2. The van der Waals surface area contributed by atoms with Gasteiger partial charge in [-0.05, 0) is 56.3 Å². The monoisotopic (exact) mass is 457 g/mol. The van der Waals surface area contributed by atoms with Crippen molar-refractivity contribution in [1.82, 2.24) is 14.7 Å². The van der Waals surface area contributed by atoms with Gasteiger partial charge in [-0.2, -0.15) is 5.10 Å². The number of ether oxygens (including phenoxy) is 1. The summed E-state index contributed by atoms with van der Waals surface area (Å²) in [6, 6.07) is 10.4. The highest BCUT2D eigenvalue weighted by Crippen LogP contribution is 2.30. The SMILES string of the molecule is CCS(=O)(=O)c1ccc(OC(C)C)c(C(=O)N2Cc3cn(-c4ccc(F)cc4)nc3C2)c1. The van der Waals surface area contributed by atoms with Crippen molar-refractivity contribution in [3.05, 3.63) is 71.3 Å². The van der Waals surface area contributed by atoms with Gasteiger partial charge in [-0.1, -0.05) is 6.92 Å². The highest BCUT2D eigenvalue weighted by molar-refractivity contribution is 7.91. The molecule has 0 atom stereocenters. The fourth-order valence-corrected chi connectivity index (χ4v) is 4.49. The Balaban J connectivity index is 1.61. The van der Waals surface area contributed by atoms with Gasteiger partial charge in [-0.3, -0.25) is 4.79 Å². The first-order chi connectivity index (χ1) is 15.2. The lowest BCUT2D eigenvalue weighted by Gasteiger charge is -2.20. The van der Waals surface area contributed by atoms with Crippen molar-refractivity contribution in [2.75, 3.05) is 5.75 Å². The molecule has 9 heteroatoms. The number of fused-ring (bicyclic) bond motifs is 1. The molecule has 32 heavy (non-hydrogen) atoms. The Hall–Kier alpha value is -3.20. The maximum Gasteiger partial charge on any atom is 0.258 e. The van der Waals surface area contributed by atoms with Crippen LogP contribution in [0.15, 0.2) is 53.6 Å². The Kier molecular flexibility index (Phi) is 5.77. The van der Waals surface area contributed by atoms with Gasteiger partial charge in [0.05, 0.1) is 40.2 Å². The summed E-state index contributed by atoms with van der Waals surface area (Å²) in [4.78, 5) is 15.1. The smallest absolute Gasteiger partial charge is 0.258 e. The second-order valence-corrected chi connectivity index (χ2v) is 10.2. The zero-order valence-corrected chi connectivity index (χ0v) is 18.9. The molecule has 0 spiro atoms. The van der Waals surface area contributed by atoms with Gasteiger partial charge in [-0.15, -0.1) is 0 Å². The number of halogens is 1. The number of nitrogens with zero attached hydrogens (tertiary/aromatic N) is 3. The lowest BCUT2D eigenvalue weighted by Crippen LogP contribution is -2.27. The fourth-order valence-electron chi connectivity index (χ4n) is 3.59. The van der Waals surface area contributed by atoms with Crippen LogP contribution in [-0.4, -0.2) is 40.9 Å². The molecule has 0 bridgehead atoms. The van der Waals surface area contributed by atoms with Gasteiger partial charge in [0, 0.05) is 18.3 Å². The highest BCUT2D eigenvalue weighted by Gasteiger charge is 2.30. The second kappa shape index (κ2) is 8.38. The van der Waals surface area contributed by atoms with E-state index in [4.69, 9.17) is 4.74 Å². The van der Waals surface area contributed by atoms with Crippen LogP contribution in [0.3, 0.4) is 0 Å². The second-order valence-electron chi connectivity index (χ2n) is 7.91. The van der Waals surface area contributed by atoms with Crippen LogP contribution < -0.4 is 4.74 Å². The molecule has 0 saturated heterocycles. The third-order valence-corrected chi connectivity index (χ3v) is 6.97. The molecule has 0 aliphatic carbocycles. The number of carbonyl (C=O) groups excluding carboxylic acids is 1. The minimum Gasteiger partial charge on any atom is -0.490 e. The number of amides is 1. The maximum atomic E-state index is 13.4. The molecule has 1 aliphatic heterocycles. The van der Waals surface area contributed by atoms with Crippen molar-refractivity contribution in [1.29, 1.82) is 0 Å². The summed E-state index contributed by atoms with van der Waals surface area (Å²) >= 11 is 0. The van der Waals surface area contributed by atoms with E-state index in [1.54, 1.807) is 34.7 Å². The van der Waals surface area contributed by atoms with Gasteiger partial charge in [0.25, 0.3) is 5.91 Å². The predicted octanol–water partition coefficient (Wildman–Crippen LogP) is 3.75. The number of hydrogen-bond acceptors (Lipinski definition) is 5. The van der Waals surface area contributed by atoms with Crippen LogP contribution in [0.1, 0.15) is 42.4 Å². The van der Waals surface area contributed by atoms with Crippen LogP contribution in [0.5, 0.6) is 5.75 Å². The van der Waals surface area contributed by atoms with Gasteiger partial charge in [0.2, 0.25) is 0 Å². The Morgan fingerprint density at radius 1 is 1.16 bits per heavy atom. The number of carbonyl (C=O) groups is 1. The zero-order valence-electron chi connectivity index (χ0n) is 18.1. The summed E-state index contributed by atoms with van der Waals surface area (Å²) in [5.41, 5.74) is 2.56. The average Bonchev–Trinajstić information content (AvgIpc) is 3.33. The molecule has 0 saturated carbocycles. The van der Waals surface area contributed by atoms with Crippen molar-refractivity contribution in [2.24, 2.45) is 0 Å². The molecule has 3 aromatic rings. The molecule has 2 heterocycles. The zero-order chi connectivity index (χ0) is 23.0. The number of hydrogen-bond donors (Lipinski definition) is 0. The molecule has 1 amide bonds. The Morgan fingerprint density at radius 2 is 1.88 bits per heavy atom. The third kappa shape index (κ3) is 4.25. The number of aromatic nitrogens is 2. The normalized spacial score (nSPS) is 13.5. The predicted molar refractivity (Wildman–Crippen MR) is 117 cm³/mol. The van der Waals surface area contributed by atoms with E-state index >= 15 is 0 Å². The minimum absolute atomic E-state index is 0.0579. The van der Waals surface area contributed by atoms with Gasteiger partial charge in [-0.25, -0.2) is 17.5 Å². The average molecular weight is 458 g/mol. The van der Waals surface area contributed by atoms with Crippen LogP contribution in [-0.2, 0) is 22.9 Å². The molecule has 0 fully saturated rings. The Bertz CT molecular complexity index is 1240. The summed E-state index contributed by atoms with van der Waals surface area (Å²) < 4.78 is 45.3. The topological polar surface area (TPSA) is 81.5 Å². The third-order valence-electron chi connectivity index (χ3n) is 5.24. The molecular weight excluding hydrogens is 433 g/mol. The summed E-state index contributed by atoms with van der Waals surface area (Å²) in [6.07, 6.45) is 1.64. The summed E-state index contributed by atoms with van der Waals surface area (Å²) in [5.74, 6) is -0.351. The first kappa shape index (κ1) is 22.0. The van der Waals surface area contributed by atoms with E-state index in [2.05, 4.69) is 5.10 Å². The summed E-state index contributed by atoms with van der Waals surface area (Å²) in [6.45, 7) is 5.87. The largest absolute Gasteiger partial charge is 0.490 e. The lowest BCUT2D eigenvalue weighted by atomic mass is 10.1. The summed E-state index contributed by atoms with van der Waals surface area (Å²) in [7, 11) is -3.47.